The normalized spacial score (nSPS) is 16.2. The van der Waals surface area contributed by atoms with E-state index in [0.717, 1.165) is 10.9 Å². The van der Waals surface area contributed by atoms with Gasteiger partial charge in [0, 0.05) is 38.1 Å². The first-order valence-corrected chi connectivity index (χ1v) is 9.37. The van der Waals surface area contributed by atoms with Gasteiger partial charge in [-0.3, -0.25) is 19.3 Å². The van der Waals surface area contributed by atoms with Crippen LogP contribution in [0.4, 0.5) is 11.5 Å². The number of aromatic nitrogens is 2. The minimum absolute atomic E-state index is 0.101. The zero-order chi connectivity index (χ0) is 20.4. The van der Waals surface area contributed by atoms with Crippen molar-refractivity contribution in [1.29, 1.82) is 0 Å². The molecular weight excluding hydrogens is 370 g/mol. The Balaban J connectivity index is 1.48. The van der Waals surface area contributed by atoms with E-state index in [1.54, 1.807) is 30.3 Å². The molecule has 1 saturated heterocycles. The van der Waals surface area contributed by atoms with Crippen LogP contribution in [0.5, 0.6) is 0 Å². The molecule has 1 aromatic carbocycles. The second-order valence-electron chi connectivity index (χ2n) is 6.97. The molecule has 3 amide bonds. The van der Waals surface area contributed by atoms with Crippen LogP contribution in [0.3, 0.4) is 0 Å². The van der Waals surface area contributed by atoms with E-state index in [1.807, 2.05) is 41.1 Å². The van der Waals surface area contributed by atoms with Crippen molar-refractivity contribution in [1.82, 2.24) is 14.9 Å². The van der Waals surface area contributed by atoms with Crippen molar-refractivity contribution in [2.75, 3.05) is 23.8 Å². The van der Waals surface area contributed by atoms with Gasteiger partial charge in [-0.05, 0) is 35.7 Å². The van der Waals surface area contributed by atoms with Crippen LogP contribution in [0.1, 0.15) is 6.42 Å². The van der Waals surface area contributed by atoms with Gasteiger partial charge in [0.2, 0.25) is 17.7 Å². The number of fused-ring (bicyclic) bond motifs is 1. The number of nitrogens with one attached hydrogen (secondary N) is 2. The van der Waals surface area contributed by atoms with Gasteiger partial charge in [0.1, 0.15) is 12.4 Å². The van der Waals surface area contributed by atoms with Crippen LogP contribution < -0.4 is 15.5 Å². The van der Waals surface area contributed by atoms with E-state index in [1.165, 1.54) is 0 Å². The molecule has 1 fully saturated rings. The highest BCUT2D eigenvalue weighted by Gasteiger charge is 2.35. The van der Waals surface area contributed by atoms with Crippen LogP contribution in [0.15, 0.2) is 54.9 Å². The van der Waals surface area contributed by atoms with Gasteiger partial charge in [0.25, 0.3) is 0 Å². The number of rotatable bonds is 5. The highest BCUT2D eigenvalue weighted by Crippen LogP contribution is 2.26. The number of nitrogens with zero attached hydrogens (tertiary/aromatic N) is 3. The van der Waals surface area contributed by atoms with E-state index >= 15 is 0 Å². The third kappa shape index (κ3) is 3.82. The Labute approximate surface area is 167 Å². The maximum Gasteiger partial charge on any atom is 0.239 e. The average Bonchev–Trinajstić information content (AvgIpc) is 3.32. The Morgan fingerprint density at radius 1 is 1.21 bits per heavy atom. The molecule has 1 aliphatic heterocycles. The molecule has 0 aliphatic carbocycles. The van der Waals surface area contributed by atoms with Gasteiger partial charge in [0.05, 0.1) is 11.4 Å². The fraction of sp³-hybridized carbons (Fsp3) is 0.238. The Morgan fingerprint density at radius 3 is 2.83 bits per heavy atom. The van der Waals surface area contributed by atoms with Crippen LogP contribution in [0.25, 0.3) is 10.9 Å². The van der Waals surface area contributed by atoms with Gasteiger partial charge in [0.15, 0.2) is 0 Å². The minimum Gasteiger partial charge on any atom is -0.358 e. The smallest absolute Gasteiger partial charge is 0.239 e. The second-order valence-corrected chi connectivity index (χ2v) is 6.97. The van der Waals surface area contributed by atoms with Crippen molar-refractivity contribution in [3.05, 3.63) is 54.9 Å². The van der Waals surface area contributed by atoms with Crippen molar-refractivity contribution in [2.24, 2.45) is 5.92 Å². The number of benzene rings is 1. The van der Waals surface area contributed by atoms with E-state index in [9.17, 15) is 14.4 Å². The van der Waals surface area contributed by atoms with E-state index in [0.29, 0.717) is 18.1 Å². The van der Waals surface area contributed by atoms with Crippen LogP contribution in [0, 0.1) is 5.92 Å². The molecule has 1 unspecified atom stereocenters. The molecule has 29 heavy (non-hydrogen) atoms. The first-order valence-electron chi connectivity index (χ1n) is 9.37. The molecule has 0 saturated carbocycles. The van der Waals surface area contributed by atoms with E-state index in [4.69, 9.17) is 0 Å². The van der Waals surface area contributed by atoms with Gasteiger partial charge in [-0.1, -0.05) is 12.1 Å². The number of anilines is 2. The number of pyridine rings is 1. The molecule has 8 nitrogen and oxygen atoms in total. The lowest BCUT2D eigenvalue weighted by molar-refractivity contribution is -0.122. The van der Waals surface area contributed by atoms with Crippen LogP contribution in [-0.4, -0.2) is 40.9 Å². The van der Waals surface area contributed by atoms with Crippen molar-refractivity contribution in [3.63, 3.8) is 0 Å². The molecule has 0 bridgehead atoms. The summed E-state index contributed by atoms with van der Waals surface area (Å²) in [7, 11) is 1.59. The van der Waals surface area contributed by atoms with Crippen molar-refractivity contribution >= 4 is 40.1 Å². The van der Waals surface area contributed by atoms with E-state index < -0.39 is 5.92 Å². The molecule has 148 valence electrons. The van der Waals surface area contributed by atoms with Crippen LogP contribution in [0.2, 0.25) is 0 Å². The van der Waals surface area contributed by atoms with E-state index in [-0.39, 0.29) is 30.7 Å². The monoisotopic (exact) mass is 391 g/mol. The number of hydrogen-bond donors (Lipinski definition) is 2. The fourth-order valence-electron chi connectivity index (χ4n) is 3.50. The lowest BCUT2D eigenvalue weighted by Gasteiger charge is -2.15. The largest absolute Gasteiger partial charge is 0.358 e. The third-order valence-corrected chi connectivity index (χ3v) is 5.06. The Hall–Kier alpha value is -3.68. The van der Waals surface area contributed by atoms with Gasteiger partial charge in [-0.2, -0.15) is 0 Å². The maximum atomic E-state index is 12.7. The number of carbonyl (C=O) groups is 3. The molecule has 0 radical (unpaired) electrons. The van der Waals surface area contributed by atoms with Crippen molar-refractivity contribution in [2.45, 2.75) is 13.0 Å². The van der Waals surface area contributed by atoms with Gasteiger partial charge in [-0.15, -0.1) is 0 Å². The molecular formula is C21H21N5O3. The van der Waals surface area contributed by atoms with Crippen LogP contribution in [-0.2, 0) is 20.9 Å². The predicted octanol–water partition coefficient (Wildman–Crippen LogP) is 1.77. The first kappa shape index (κ1) is 18.7. The maximum absolute atomic E-state index is 12.7. The summed E-state index contributed by atoms with van der Waals surface area (Å²) >= 11 is 0. The lowest BCUT2D eigenvalue weighted by Crippen LogP contribution is -2.28. The first-order chi connectivity index (χ1) is 14.0. The number of carbonyl (C=O) groups excluding carboxylic acids is 3. The third-order valence-electron chi connectivity index (χ3n) is 5.06. The zero-order valence-electron chi connectivity index (χ0n) is 16.0. The molecule has 3 aromatic rings. The summed E-state index contributed by atoms with van der Waals surface area (Å²) in [5.74, 6) is -0.311. The summed E-state index contributed by atoms with van der Waals surface area (Å²) in [5, 5.41) is 6.48. The lowest BCUT2D eigenvalue weighted by atomic mass is 10.1. The average molecular weight is 391 g/mol. The Bertz CT molecular complexity index is 1080. The zero-order valence-corrected chi connectivity index (χ0v) is 16.0. The predicted molar refractivity (Wildman–Crippen MR) is 109 cm³/mol. The highest BCUT2D eigenvalue weighted by atomic mass is 16.2. The molecule has 2 aromatic heterocycles. The summed E-state index contributed by atoms with van der Waals surface area (Å²) in [4.78, 5) is 42.5. The number of likely N-dealkylation sites (N-methyl/N-ethyl adjacent to an activating group) is 1. The molecule has 2 N–H and O–H groups in total. The SMILES string of the molecule is CNC(=O)Cn1ccc2ccc(NC(=O)C3CC(=O)N(c4ccccn4)C3)cc21. The number of amides is 3. The molecule has 3 heterocycles. The van der Waals surface area contributed by atoms with Gasteiger partial charge < -0.3 is 15.2 Å². The minimum atomic E-state index is -0.446. The summed E-state index contributed by atoms with van der Waals surface area (Å²) in [6.45, 7) is 0.504. The van der Waals surface area contributed by atoms with Crippen molar-refractivity contribution < 1.29 is 14.4 Å². The fourth-order valence-corrected chi connectivity index (χ4v) is 3.50. The molecule has 1 aliphatic rings. The number of hydrogen-bond acceptors (Lipinski definition) is 4. The molecule has 8 heteroatoms. The highest BCUT2D eigenvalue weighted by molar-refractivity contribution is 6.03. The molecule has 1 atom stereocenters. The summed E-state index contributed by atoms with van der Waals surface area (Å²) in [6.07, 6.45) is 3.61. The Morgan fingerprint density at radius 2 is 2.07 bits per heavy atom. The quantitative estimate of drug-likeness (QED) is 0.693. The summed E-state index contributed by atoms with van der Waals surface area (Å²) in [6, 6.07) is 12.8. The standard InChI is InChI=1S/C21H21N5O3/c1-22-19(27)13-25-9-7-14-5-6-16(11-17(14)25)24-21(29)15-10-20(28)26(12-15)18-4-2-3-8-23-18/h2-9,11,15H,10,12-13H2,1H3,(H,22,27)(H,24,29). The van der Waals surface area contributed by atoms with E-state index in [2.05, 4.69) is 15.6 Å². The molecule has 0 spiro atoms. The van der Waals surface area contributed by atoms with Crippen molar-refractivity contribution in [3.8, 4) is 0 Å². The summed E-state index contributed by atoms with van der Waals surface area (Å²) < 4.78 is 1.83. The van der Waals surface area contributed by atoms with Gasteiger partial charge in [-0.25, -0.2) is 4.98 Å². The molecule has 4 rings (SSSR count). The summed E-state index contributed by atoms with van der Waals surface area (Å²) in [5.41, 5.74) is 1.48. The topological polar surface area (TPSA) is 96.3 Å². The second kappa shape index (κ2) is 7.75. The van der Waals surface area contributed by atoms with Crippen LogP contribution >= 0.6 is 0 Å². The Kier molecular flexibility index (Phi) is 4.99. The van der Waals surface area contributed by atoms with Gasteiger partial charge >= 0.3 is 0 Å².